The van der Waals surface area contributed by atoms with Crippen LogP contribution in [0.4, 0.5) is 20.4 Å². The number of halogens is 2. The third-order valence-electron chi connectivity index (χ3n) is 2.64. The van der Waals surface area contributed by atoms with Gasteiger partial charge in [0.05, 0.1) is 12.2 Å². The lowest BCUT2D eigenvalue weighted by atomic mass is 10.2. The molecule has 0 spiro atoms. The molecule has 2 rings (SSSR count). The predicted molar refractivity (Wildman–Crippen MR) is 67.2 cm³/mol. The molecular weight excluding hydrogens is 254 g/mol. The number of rotatable bonds is 4. The summed E-state index contributed by atoms with van der Waals surface area (Å²) in [5.74, 6) is 3.17. The quantitative estimate of drug-likeness (QED) is 0.579. The van der Waals surface area contributed by atoms with Crippen molar-refractivity contribution >= 4 is 11.6 Å². The Balaban J connectivity index is 2.23. The minimum atomic E-state index is -0.848. The van der Waals surface area contributed by atoms with Gasteiger partial charge in [-0.3, -0.25) is 4.68 Å². The zero-order chi connectivity index (χ0) is 14.0. The van der Waals surface area contributed by atoms with E-state index in [2.05, 4.69) is 20.8 Å². The van der Waals surface area contributed by atoms with Gasteiger partial charge in [-0.25, -0.2) is 19.6 Å². The minimum Gasteiger partial charge on any atom is -0.361 e. The van der Waals surface area contributed by atoms with Crippen LogP contribution in [0.15, 0.2) is 18.5 Å². The van der Waals surface area contributed by atoms with Crippen molar-refractivity contribution in [3.63, 3.8) is 0 Å². The molecule has 1 atom stereocenters. The minimum absolute atomic E-state index is 0.0781. The number of nitrogens with one attached hydrogen (secondary N) is 2. The maximum atomic E-state index is 13.6. The van der Waals surface area contributed by atoms with E-state index in [4.69, 9.17) is 5.84 Å². The number of nitrogens with zero attached hydrogens (tertiary/aromatic N) is 3. The van der Waals surface area contributed by atoms with Crippen LogP contribution in [0.25, 0.3) is 0 Å². The molecule has 0 radical (unpaired) electrons. The first-order valence-corrected chi connectivity index (χ1v) is 5.59. The average molecular weight is 268 g/mol. The summed E-state index contributed by atoms with van der Waals surface area (Å²) < 4.78 is 28.4. The van der Waals surface area contributed by atoms with Crippen LogP contribution in [0, 0.1) is 11.6 Å². The molecule has 0 saturated heterocycles. The highest BCUT2D eigenvalue weighted by atomic mass is 19.1. The first-order valence-electron chi connectivity index (χ1n) is 5.59. The van der Waals surface area contributed by atoms with Crippen molar-refractivity contribution in [3.05, 3.63) is 35.7 Å². The molecule has 0 aliphatic carbocycles. The number of hydrogen-bond donors (Lipinski definition) is 3. The fourth-order valence-electron chi connectivity index (χ4n) is 1.62. The Kier molecular flexibility index (Phi) is 3.61. The van der Waals surface area contributed by atoms with E-state index in [1.54, 1.807) is 24.1 Å². The van der Waals surface area contributed by atoms with Crippen molar-refractivity contribution in [2.75, 3.05) is 10.7 Å². The molecule has 0 fully saturated rings. The van der Waals surface area contributed by atoms with Gasteiger partial charge in [0.25, 0.3) is 0 Å². The van der Waals surface area contributed by atoms with Crippen molar-refractivity contribution in [1.82, 2.24) is 14.8 Å². The van der Waals surface area contributed by atoms with Gasteiger partial charge in [0.2, 0.25) is 0 Å². The van der Waals surface area contributed by atoms with Gasteiger partial charge in [-0.05, 0) is 6.92 Å². The monoisotopic (exact) mass is 268 g/mol. The highest BCUT2D eigenvalue weighted by Gasteiger charge is 2.14. The molecule has 0 aromatic carbocycles. The van der Waals surface area contributed by atoms with E-state index in [1.165, 1.54) is 0 Å². The van der Waals surface area contributed by atoms with Crippen molar-refractivity contribution in [2.45, 2.75) is 13.0 Å². The fourth-order valence-corrected chi connectivity index (χ4v) is 1.62. The van der Waals surface area contributed by atoms with Gasteiger partial charge in [-0.2, -0.15) is 5.10 Å². The maximum Gasteiger partial charge on any atom is 0.178 e. The fraction of sp³-hybridized carbons (Fsp3) is 0.273. The standard InChI is InChI=1S/C11H14F2N6/c1-6(7-4-15-19(2)5-7)16-10-8(12)3-9(13)11(17-10)18-14/h3-6H,14H2,1-2H3,(H2,16,17,18). The van der Waals surface area contributed by atoms with Crippen LogP contribution in [0.1, 0.15) is 18.5 Å². The zero-order valence-electron chi connectivity index (χ0n) is 10.5. The maximum absolute atomic E-state index is 13.6. The van der Waals surface area contributed by atoms with Gasteiger partial charge >= 0.3 is 0 Å². The Morgan fingerprint density at radius 3 is 2.58 bits per heavy atom. The highest BCUT2D eigenvalue weighted by Crippen LogP contribution is 2.22. The summed E-state index contributed by atoms with van der Waals surface area (Å²) in [4.78, 5) is 3.74. The molecule has 0 aliphatic heterocycles. The van der Waals surface area contributed by atoms with E-state index in [1.807, 2.05) is 6.92 Å². The molecule has 102 valence electrons. The summed E-state index contributed by atoms with van der Waals surface area (Å²) in [5, 5.41) is 6.86. The first kappa shape index (κ1) is 13.2. The first-order chi connectivity index (χ1) is 9.01. The lowest BCUT2D eigenvalue weighted by Crippen LogP contribution is -2.14. The Morgan fingerprint density at radius 1 is 1.32 bits per heavy atom. The number of nitrogens with two attached hydrogens (primary N) is 1. The molecule has 0 amide bonds. The molecule has 2 heterocycles. The molecular formula is C11H14F2N6. The van der Waals surface area contributed by atoms with Crippen LogP contribution in [0.5, 0.6) is 0 Å². The van der Waals surface area contributed by atoms with Crippen molar-refractivity contribution in [1.29, 1.82) is 0 Å². The molecule has 2 aromatic heterocycles. The normalized spacial score (nSPS) is 12.3. The summed E-state index contributed by atoms with van der Waals surface area (Å²) in [6, 6.07) is 0.493. The van der Waals surface area contributed by atoms with Crippen LogP contribution >= 0.6 is 0 Å². The van der Waals surface area contributed by atoms with E-state index < -0.39 is 11.6 Å². The molecule has 6 nitrogen and oxygen atoms in total. The smallest absolute Gasteiger partial charge is 0.178 e. The number of nitrogen functional groups attached to an aromatic ring is 1. The van der Waals surface area contributed by atoms with E-state index in [0.717, 1.165) is 11.6 Å². The van der Waals surface area contributed by atoms with Gasteiger partial charge < -0.3 is 10.7 Å². The summed E-state index contributed by atoms with van der Waals surface area (Å²) >= 11 is 0. The van der Waals surface area contributed by atoms with Gasteiger partial charge in [-0.1, -0.05) is 0 Å². The largest absolute Gasteiger partial charge is 0.361 e. The number of hydrazine groups is 1. The van der Waals surface area contributed by atoms with E-state index in [-0.39, 0.29) is 17.7 Å². The van der Waals surface area contributed by atoms with E-state index >= 15 is 0 Å². The summed E-state index contributed by atoms with van der Waals surface area (Å²) in [6.45, 7) is 1.82. The molecule has 4 N–H and O–H groups in total. The van der Waals surface area contributed by atoms with Gasteiger partial charge in [-0.15, -0.1) is 0 Å². The van der Waals surface area contributed by atoms with Gasteiger partial charge in [0.15, 0.2) is 23.3 Å². The molecule has 1 unspecified atom stereocenters. The SMILES string of the molecule is CC(Nc1nc(NN)c(F)cc1F)c1cnn(C)c1. The Hall–Kier alpha value is -2.22. The Labute approximate surface area is 108 Å². The second-order valence-electron chi connectivity index (χ2n) is 4.11. The molecule has 0 aliphatic rings. The Morgan fingerprint density at radius 2 is 2.00 bits per heavy atom. The highest BCUT2D eigenvalue weighted by molar-refractivity contribution is 5.48. The van der Waals surface area contributed by atoms with Crippen molar-refractivity contribution in [2.24, 2.45) is 12.9 Å². The topological polar surface area (TPSA) is 80.8 Å². The third-order valence-corrected chi connectivity index (χ3v) is 2.64. The van der Waals surface area contributed by atoms with E-state index in [0.29, 0.717) is 0 Å². The van der Waals surface area contributed by atoms with Crippen molar-refractivity contribution < 1.29 is 8.78 Å². The number of pyridine rings is 1. The van der Waals surface area contributed by atoms with Crippen LogP contribution in [0.2, 0.25) is 0 Å². The number of anilines is 2. The zero-order valence-corrected chi connectivity index (χ0v) is 10.5. The molecule has 19 heavy (non-hydrogen) atoms. The van der Waals surface area contributed by atoms with Crippen LogP contribution in [-0.2, 0) is 7.05 Å². The predicted octanol–water partition coefficient (Wildman–Crippen LogP) is 1.55. The molecule has 0 saturated carbocycles. The second kappa shape index (κ2) is 5.19. The van der Waals surface area contributed by atoms with Crippen LogP contribution < -0.4 is 16.6 Å². The summed E-state index contributed by atoms with van der Waals surface area (Å²) in [5.41, 5.74) is 2.93. The number of aryl methyl sites for hydroxylation is 1. The van der Waals surface area contributed by atoms with Crippen LogP contribution in [0.3, 0.4) is 0 Å². The lowest BCUT2D eigenvalue weighted by molar-refractivity contribution is 0.576. The van der Waals surface area contributed by atoms with Crippen molar-refractivity contribution in [3.8, 4) is 0 Å². The molecule has 8 heteroatoms. The van der Waals surface area contributed by atoms with Gasteiger partial charge in [0.1, 0.15) is 0 Å². The number of aromatic nitrogens is 3. The summed E-state index contributed by atoms with van der Waals surface area (Å²) in [7, 11) is 1.78. The third kappa shape index (κ3) is 2.79. The molecule has 2 aromatic rings. The van der Waals surface area contributed by atoms with Gasteiger partial charge in [0, 0.05) is 24.9 Å². The van der Waals surface area contributed by atoms with Crippen LogP contribution in [-0.4, -0.2) is 14.8 Å². The second-order valence-corrected chi connectivity index (χ2v) is 4.11. The number of hydrogen-bond acceptors (Lipinski definition) is 5. The Bertz CT molecular complexity index is 583. The summed E-state index contributed by atoms with van der Waals surface area (Å²) in [6.07, 6.45) is 3.45. The molecule has 0 bridgehead atoms. The van der Waals surface area contributed by atoms with E-state index in [9.17, 15) is 8.78 Å². The lowest BCUT2D eigenvalue weighted by Gasteiger charge is -2.14. The average Bonchev–Trinajstić information content (AvgIpc) is 2.79.